The van der Waals surface area contributed by atoms with Crippen LogP contribution in [0.1, 0.15) is 34.6 Å². The maximum Gasteiger partial charge on any atom is 0.335 e. The van der Waals surface area contributed by atoms with Gasteiger partial charge < -0.3 is 10.4 Å². The number of aromatic nitrogens is 1. The molecule has 0 bridgehead atoms. The van der Waals surface area contributed by atoms with Gasteiger partial charge in [0.25, 0.3) is 0 Å². The van der Waals surface area contributed by atoms with Crippen LogP contribution in [0.25, 0.3) is 11.1 Å². The zero-order valence-corrected chi connectivity index (χ0v) is 12.8. The molecule has 2 rings (SSSR count). The van der Waals surface area contributed by atoms with E-state index in [1.54, 1.807) is 31.4 Å². The molecule has 0 amide bonds. The summed E-state index contributed by atoms with van der Waals surface area (Å²) in [7, 11) is 1.72. The van der Waals surface area contributed by atoms with E-state index in [1.807, 2.05) is 13.8 Å². The highest BCUT2D eigenvalue weighted by Crippen LogP contribution is 2.25. The number of benzene rings is 1. The quantitative estimate of drug-likeness (QED) is 0.828. The number of carboxylic acid groups (broad SMARTS) is 1. The second kappa shape index (κ2) is 6.39. The summed E-state index contributed by atoms with van der Waals surface area (Å²) in [6.07, 6.45) is 1.67. The van der Waals surface area contributed by atoms with Crippen LogP contribution < -0.4 is 5.32 Å². The topological polar surface area (TPSA) is 79.3 Å². The van der Waals surface area contributed by atoms with Crippen LogP contribution >= 0.6 is 0 Å². The number of carboxylic acids is 1. The monoisotopic (exact) mass is 298 g/mol. The molecule has 0 atom stereocenters. The van der Waals surface area contributed by atoms with Crippen molar-refractivity contribution in [3.8, 4) is 11.1 Å². The number of pyridine rings is 1. The minimum Gasteiger partial charge on any atom is -0.478 e. The number of nitrogens with zero attached hydrogens (tertiary/aromatic N) is 1. The lowest BCUT2D eigenvalue weighted by molar-refractivity contribution is 0.0696. The molecule has 0 aliphatic heterocycles. The van der Waals surface area contributed by atoms with Crippen LogP contribution in [0.2, 0.25) is 0 Å². The Bertz CT molecular complexity index is 706. The average molecular weight is 298 g/mol. The zero-order chi connectivity index (χ0) is 16.3. The van der Waals surface area contributed by atoms with Crippen molar-refractivity contribution in [3.63, 3.8) is 0 Å². The van der Waals surface area contributed by atoms with Crippen molar-refractivity contribution >= 4 is 17.6 Å². The van der Waals surface area contributed by atoms with E-state index in [1.165, 1.54) is 12.1 Å². The zero-order valence-electron chi connectivity index (χ0n) is 12.8. The van der Waals surface area contributed by atoms with E-state index in [0.717, 1.165) is 11.1 Å². The van der Waals surface area contributed by atoms with Gasteiger partial charge in [-0.2, -0.15) is 0 Å². The second-order valence-corrected chi connectivity index (χ2v) is 5.27. The molecule has 1 aromatic heterocycles. The van der Waals surface area contributed by atoms with Gasteiger partial charge in [0.2, 0.25) is 0 Å². The Hall–Kier alpha value is -2.69. The van der Waals surface area contributed by atoms with Crippen LogP contribution in [-0.2, 0) is 0 Å². The number of carbonyl (C=O) groups excluding carboxylic acids is 1. The van der Waals surface area contributed by atoms with E-state index in [4.69, 9.17) is 5.11 Å². The number of rotatable bonds is 5. The number of aromatic carboxylic acids is 1. The second-order valence-electron chi connectivity index (χ2n) is 5.27. The maximum atomic E-state index is 12.3. The van der Waals surface area contributed by atoms with Crippen molar-refractivity contribution in [2.45, 2.75) is 13.8 Å². The summed E-state index contributed by atoms with van der Waals surface area (Å²) in [5.74, 6) is -0.533. The Balaban J connectivity index is 2.46. The lowest BCUT2D eigenvalue weighted by Gasteiger charge is -2.11. The van der Waals surface area contributed by atoms with Gasteiger partial charge in [0.15, 0.2) is 5.78 Å². The molecule has 0 spiro atoms. The molecular weight excluding hydrogens is 280 g/mol. The Morgan fingerprint density at radius 3 is 2.27 bits per heavy atom. The summed E-state index contributed by atoms with van der Waals surface area (Å²) in [4.78, 5) is 27.5. The predicted molar refractivity (Wildman–Crippen MR) is 85.3 cm³/mol. The van der Waals surface area contributed by atoms with Crippen LogP contribution in [0.5, 0.6) is 0 Å². The highest BCUT2D eigenvalue weighted by molar-refractivity contribution is 6.02. The molecule has 2 aromatic rings. The third-order valence-corrected chi connectivity index (χ3v) is 3.38. The number of carbonyl (C=O) groups is 2. The van der Waals surface area contributed by atoms with Gasteiger partial charge >= 0.3 is 5.97 Å². The smallest absolute Gasteiger partial charge is 0.335 e. The minimum absolute atomic E-state index is 0.0147. The van der Waals surface area contributed by atoms with Gasteiger partial charge in [-0.1, -0.05) is 26.0 Å². The Morgan fingerprint density at radius 2 is 1.77 bits per heavy atom. The van der Waals surface area contributed by atoms with Crippen molar-refractivity contribution in [1.29, 1.82) is 0 Å². The van der Waals surface area contributed by atoms with Gasteiger partial charge in [-0.25, -0.2) is 9.78 Å². The van der Waals surface area contributed by atoms with Gasteiger partial charge in [0, 0.05) is 24.7 Å². The normalized spacial score (nSPS) is 10.5. The van der Waals surface area contributed by atoms with E-state index in [2.05, 4.69) is 10.3 Å². The highest BCUT2D eigenvalue weighted by Gasteiger charge is 2.16. The Kier molecular flexibility index (Phi) is 4.56. The summed E-state index contributed by atoms with van der Waals surface area (Å²) >= 11 is 0. The first-order valence-electron chi connectivity index (χ1n) is 6.99. The Labute approximate surface area is 129 Å². The van der Waals surface area contributed by atoms with Crippen molar-refractivity contribution in [3.05, 3.63) is 47.7 Å². The van der Waals surface area contributed by atoms with E-state index in [0.29, 0.717) is 11.4 Å². The van der Waals surface area contributed by atoms with E-state index < -0.39 is 5.97 Å². The number of Topliss-reactive ketones (excluding diaryl/α,β-unsaturated/α-hetero) is 1. The summed E-state index contributed by atoms with van der Waals surface area (Å²) in [6.45, 7) is 3.69. The van der Waals surface area contributed by atoms with Crippen molar-refractivity contribution in [2.75, 3.05) is 12.4 Å². The number of hydrogen-bond donors (Lipinski definition) is 2. The van der Waals surface area contributed by atoms with Gasteiger partial charge in [0.05, 0.1) is 11.1 Å². The molecule has 1 aromatic carbocycles. The standard InChI is InChI=1S/C17H18N2O3/c1-10(2)15(20)14-8-13(9-19-16(14)18-3)11-4-6-12(7-5-11)17(21)22/h4-10H,1-3H3,(H,18,19)(H,21,22). The number of nitrogens with one attached hydrogen (secondary N) is 1. The number of hydrogen-bond acceptors (Lipinski definition) is 4. The van der Waals surface area contributed by atoms with Gasteiger partial charge in [-0.3, -0.25) is 4.79 Å². The molecule has 0 aliphatic rings. The largest absolute Gasteiger partial charge is 0.478 e. The molecule has 0 unspecified atom stereocenters. The maximum absolute atomic E-state index is 12.3. The minimum atomic E-state index is -0.967. The number of ketones is 1. The lowest BCUT2D eigenvalue weighted by atomic mass is 9.98. The molecular formula is C17H18N2O3. The molecule has 0 aliphatic carbocycles. The fraction of sp³-hybridized carbons (Fsp3) is 0.235. The van der Waals surface area contributed by atoms with Gasteiger partial charge in [0.1, 0.15) is 5.82 Å². The van der Waals surface area contributed by atoms with E-state index >= 15 is 0 Å². The highest BCUT2D eigenvalue weighted by atomic mass is 16.4. The molecule has 0 radical (unpaired) electrons. The first-order chi connectivity index (χ1) is 10.4. The van der Waals surface area contributed by atoms with Crippen molar-refractivity contribution in [1.82, 2.24) is 4.98 Å². The lowest BCUT2D eigenvalue weighted by Crippen LogP contribution is -2.11. The molecule has 0 saturated carbocycles. The number of anilines is 1. The first-order valence-corrected chi connectivity index (χ1v) is 6.99. The van der Waals surface area contributed by atoms with E-state index in [9.17, 15) is 9.59 Å². The summed E-state index contributed by atoms with van der Waals surface area (Å²) in [5.41, 5.74) is 2.36. The van der Waals surface area contributed by atoms with Crippen molar-refractivity contribution < 1.29 is 14.7 Å². The summed E-state index contributed by atoms with van der Waals surface area (Å²) in [6, 6.07) is 8.28. The first kappa shape index (κ1) is 15.7. The molecule has 22 heavy (non-hydrogen) atoms. The van der Waals surface area contributed by atoms with Crippen LogP contribution in [0.3, 0.4) is 0 Å². The van der Waals surface area contributed by atoms with Crippen LogP contribution in [0.4, 0.5) is 5.82 Å². The van der Waals surface area contributed by atoms with Gasteiger partial charge in [-0.15, -0.1) is 0 Å². The third kappa shape index (κ3) is 3.14. The molecule has 114 valence electrons. The predicted octanol–water partition coefficient (Wildman–Crippen LogP) is 3.33. The van der Waals surface area contributed by atoms with Crippen LogP contribution in [0.15, 0.2) is 36.5 Å². The van der Waals surface area contributed by atoms with Crippen LogP contribution in [0, 0.1) is 5.92 Å². The third-order valence-electron chi connectivity index (χ3n) is 3.38. The average Bonchev–Trinajstić information content (AvgIpc) is 2.53. The summed E-state index contributed by atoms with van der Waals surface area (Å²) < 4.78 is 0. The molecule has 0 saturated heterocycles. The molecule has 0 fully saturated rings. The van der Waals surface area contributed by atoms with Gasteiger partial charge in [-0.05, 0) is 23.8 Å². The van der Waals surface area contributed by atoms with Crippen LogP contribution in [-0.4, -0.2) is 28.9 Å². The Morgan fingerprint density at radius 1 is 1.14 bits per heavy atom. The van der Waals surface area contributed by atoms with Crippen molar-refractivity contribution in [2.24, 2.45) is 5.92 Å². The molecule has 5 heteroatoms. The molecule has 5 nitrogen and oxygen atoms in total. The fourth-order valence-electron chi connectivity index (χ4n) is 2.13. The van der Waals surface area contributed by atoms with E-state index in [-0.39, 0.29) is 17.3 Å². The summed E-state index contributed by atoms with van der Waals surface area (Å²) in [5, 5.41) is 11.9. The molecule has 2 N–H and O–H groups in total. The molecule has 1 heterocycles. The fourth-order valence-corrected chi connectivity index (χ4v) is 2.13. The SMILES string of the molecule is CNc1ncc(-c2ccc(C(=O)O)cc2)cc1C(=O)C(C)C.